The molecule has 11 rings (SSSR count). The monoisotopic (exact) mass is 645 g/mol. The van der Waals surface area contributed by atoms with Crippen molar-refractivity contribution in [3.63, 3.8) is 0 Å². The summed E-state index contributed by atoms with van der Waals surface area (Å²) in [6.07, 6.45) is 0. The van der Waals surface area contributed by atoms with Gasteiger partial charge in [-0.05, 0) is 118 Å². The molecule has 0 aliphatic carbocycles. The number of nitrogens with zero attached hydrogens (tertiary/aromatic N) is 1. The minimum absolute atomic E-state index is 0.657. The molecule has 10 aromatic carbocycles. The molecule has 0 saturated heterocycles. The first kappa shape index (κ1) is 27.9. The molecule has 0 radical (unpaired) electrons. The maximum absolute atomic E-state index is 9.76. The highest BCUT2D eigenvalue weighted by atomic mass is 16.5. The highest BCUT2D eigenvalue weighted by Crippen LogP contribution is 2.49. The Labute approximate surface area is 294 Å². The quantitative estimate of drug-likeness (QED) is 0.179. The Morgan fingerprint density at radius 1 is 0.353 bits per heavy atom. The molecule has 0 bridgehead atoms. The standard InChI is InChI=1S/C49H27NO/c50-28-37-18-24-46-49-40(37)9-4-10-41(49)44-27-34(17-23-45(44)51-46)33-7-3-8-35(26-33)38-19-13-30-16-22-43-39(20-14-31-15-21-42(38)47(30)48(31)43)36-12-11-29-5-1-2-6-32(29)25-36/h1-27H. The second-order valence-corrected chi connectivity index (χ2v) is 13.6. The molecule has 10 aromatic rings. The number of rotatable bonds is 3. The van der Waals surface area contributed by atoms with Crippen LogP contribution in [0.4, 0.5) is 0 Å². The average molecular weight is 646 g/mol. The molecule has 0 N–H and O–H groups in total. The van der Waals surface area contributed by atoms with Gasteiger partial charge in [0.2, 0.25) is 0 Å². The van der Waals surface area contributed by atoms with Gasteiger partial charge < -0.3 is 4.74 Å². The van der Waals surface area contributed by atoms with E-state index in [4.69, 9.17) is 4.74 Å². The zero-order valence-corrected chi connectivity index (χ0v) is 27.4. The molecule has 1 aliphatic heterocycles. The third kappa shape index (κ3) is 4.10. The Morgan fingerprint density at radius 2 is 0.980 bits per heavy atom. The molecule has 2 nitrogen and oxygen atoms in total. The van der Waals surface area contributed by atoms with Crippen LogP contribution in [0.15, 0.2) is 164 Å². The number of hydrogen-bond donors (Lipinski definition) is 0. The maximum Gasteiger partial charge on any atom is 0.136 e. The van der Waals surface area contributed by atoms with Crippen LogP contribution < -0.4 is 4.74 Å². The van der Waals surface area contributed by atoms with Crippen LogP contribution in [0.2, 0.25) is 0 Å². The van der Waals surface area contributed by atoms with Gasteiger partial charge in [0.25, 0.3) is 0 Å². The van der Waals surface area contributed by atoms with E-state index in [-0.39, 0.29) is 0 Å². The molecule has 0 atom stereocenters. The second-order valence-electron chi connectivity index (χ2n) is 13.6. The third-order valence-corrected chi connectivity index (χ3v) is 10.8. The van der Waals surface area contributed by atoms with Crippen LogP contribution in [0.25, 0.3) is 98.4 Å². The van der Waals surface area contributed by atoms with Crippen molar-refractivity contribution < 1.29 is 4.74 Å². The van der Waals surface area contributed by atoms with Gasteiger partial charge in [-0.15, -0.1) is 0 Å². The van der Waals surface area contributed by atoms with Gasteiger partial charge in [-0.1, -0.05) is 127 Å². The zero-order valence-electron chi connectivity index (χ0n) is 27.4. The molecule has 51 heavy (non-hydrogen) atoms. The zero-order chi connectivity index (χ0) is 33.6. The summed E-state index contributed by atoms with van der Waals surface area (Å²) in [5, 5.41) is 21.9. The molecule has 1 heterocycles. The Hall–Kier alpha value is -6.95. The Bertz CT molecular complexity index is 3130. The van der Waals surface area contributed by atoms with Crippen LogP contribution in [0.3, 0.4) is 0 Å². The van der Waals surface area contributed by atoms with E-state index in [1.165, 1.54) is 65.3 Å². The molecule has 2 heteroatoms. The van der Waals surface area contributed by atoms with E-state index < -0.39 is 0 Å². The SMILES string of the molecule is N#Cc1ccc2c3c(cccc13)-c1cc(-c3cccc(-c4ccc5ccc6c(-c7ccc8ccccc8c7)ccc7ccc4c5c76)c3)ccc1O2. The van der Waals surface area contributed by atoms with Gasteiger partial charge in [-0.2, -0.15) is 5.26 Å². The first-order valence-electron chi connectivity index (χ1n) is 17.3. The lowest BCUT2D eigenvalue weighted by Crippen LogP contribution is -1.98. The number of hydrogen-bond acceptors (Lipinski definition) is 2. The van der Waals surface area contributed by atoms with Crippen molar-refractivity contribution in [2.24, 2.45) is 0 Å². The Morgan fingerprint density at radius 3 is 1.76 bits per heavy atom. The van der Waals surface area contributed by atoms with Gasteiger partial charge in [0, 0.05) is 16.3 Å². The summed E-state index contributed by atoms with van der Waals surface area (Å²) in [5.41, 5.74) is 9.94. The van der Waals surface area contributed by atoms with E-state index >= 15 is 0 Å². The summed E-state index contributed by atoms with van der Waals surface area (Å²) in [6.45, 7) is 0. The van der Waals surface area contributed by atoms with Crippen LogP contribution >= 0.6 is 0 Å². The molecule has 1 aliphatic rings. The normalized spacial score (nSPS) is 12.1. The van der Waals surface area contributed by atoms with E-state index in [9.17, 15) is 5.26 Å². The maximum atomic E-state index is 9.76. The van der Waals surface area contributed by atoms with Crippen molar-refractivity contribution in [3.8, 4) is 62.1 Å². The lowest BCUT2D eigenvalue weighted by molar-refractivity contribution is 0.487. The van der Waals surface area contributed by atoms with Gasteiger partial charge >= 0.3 is 0 Å². The molecule has 0 amide bonds. The lowest BCUT2D eigenvalue weighted by atomic mass is 9.86. The predicted octanol–water partition coefficient (Wildman–Crippen LogP) is 13.5. The van der Waals surface area contributed by atoms with Gasteiger partial charge in [0.05, 0.1) is 11.6 Å². The number of ether oxygens (including phenoxy) is 1. The van der Waals surface area contributed by atoms with Gasteiger partial charge in [0.15, 0.2) is 0 Å². The van der Waals surface area contributed by atoms with Crippen molar-refractivity contribution in [2.45, 2.75) is 0 Å². The molecule has 0 unspecified atom stereocenters. The number of fused-ring (bicyclic) bond motifs is 3. The van der Waals surface area contributed by atoms with Crippen molar-refractivity contribution in [1.29, 1.82) is 5.26 Å². The van der Waals surface area contributed by atoms with E-state index in [0.717, 1.165) is 44.5 Å². The summed E-state index contributed by atoms with van der Waals surface area (Å²) < 4.78 is 6.38. The van der Waals surface area contributed by atoms with Crippen molar-refractivity contribution >= 4 is 53.9 Å². The molecular weight excluding hydrogens is 619 g/mol. The largest absolute Gasteiger partial charge is 0.456 e. The van der Waals surface area contributed by atoms with Crippen LogP contribution in [0, 0.1) is 11.3 Å². The second kappa shape index (κ2) is 10.5. The first-order valence-corrected chi connectivity index (χ1v) is 17.3. The predicted molar refractivity (Wildman–Crippen MR) is 212 cm³/mol. The smallest absolute Gasteiger partial charge is 0.136 e. The van der Waals surface area contributed by atoms with E-state index in [2.05, 4.69) is 146 Å². The van der Waals surface area contributed by atoms with Crippen molar-refractivity contribution in [3.05, 3.63) is 169 Å². The lowest BCUT2D eigenvalue weighted by Gasteiger charge is -2.22. The van der Waals surface area contributed by atoms with Crippen LogP contribution in [-0.4, -0.2) is 0 Å². The average Bonchev–Trinajstić information content (AvgIpc) is 3.19. The minimum atomic E-state index is 0.657. The van der Waals surface area contributed by atoms with Crippen LogP contribution in [0.1, 0.15) is 5.56 Å². The summed E-state index contributed by atoms with van der Waals surface area (Å²) in [4.78, 5) is 0. The summed E-state index contributed by atoms with van der Waals surface area (Å²) in [5.74, 6) is 1.62. The molecule has 234 valence electrons. The topological polar surface area (TPSA) is 33.0 Å². The Kier molecular flexibility index (Phi) is 5.77. The van der Waals surface area contributed by atoms with Gasteiger partial charge in [0.1, 0.15) is 11.5 Å². The highest BCUT2D eigenvalue weighted by molar-refractivity contribution is 6.27. The fourth-order valence-corrected chi connectivity index (χ4v) is 8.44. The van der Waals surface area contributed by atoms with E-state index in [1.807, 2.05) is 24.3 Å². The van der Waals surface area contributed by atoms with Crippen LogP contribution in [-0.2, 0) is 0 Å². The molecule has 0 spiro atoms. The van der Waals surface area contributed by atoms with Crippen molar-refractivity contribution in [1.82, 2.24) is 0 Å². The molecule has 0 saturated carbocycles. The molecule has 0 aromatic heterocycles. The summed E-state index contributed by atoms with van der Waals surface area (Å²) >= 11 is 0. The molecule has 0 fully saturated rings. The summed E-state index contributed by atoms with van der Waals surface area (Å²) in [7, 11) is 0. The van der Waals surface area contributed by atoms with Crippen LogP contribution in [0.5, 0.6) is 11.5 Å². The van der Waals surface area contributed by atoms with E-state index in [0.29, 0.717) is 5.56 Å². The molecular formula is C49H27NO. The van der Waals surface area contributed by atoms with Gasteiger partial charge in [-0.3, -0.25) is 0 Å². The third-order valence-electron chi connectivity index (χ3n) is 10.8. The van der Waals surface area contributed by atoms with E-state index in [1.54, 1.807) is 0 Å². The van der Waals surface area contributed by atoms with Gasteiger partial charge in [-0.25, -0.2) is 0 Å². The Balaban J connectivity index is 1.05. The fraction of sp³-hybridized carbons (Fsp3) is 0. The minimum Gasteiger partial charge on any atom is -0.456 e. The first-order chi connectivity index (χ1) is 25.2. The number of nitriles is 1. The highest BCUT2D eigenvalue weighted by Gasteiger charge is 2.22. The fourth-order valence-electron chi connectivity index (χ4n) is 8.44. The summed E-state index contributed by atoms with van der Waals surface area (Å²) in [6, 6.07) is 61.2. The number of benzene rings is 10. The van der Waals surface area contributed by atoms with Crippen molar-refractivity contribution in [2.75, 3.05) is 0 Å².